The highest BCUT2D eigenvalue weighted by Crippen LogP contribution is 2.28. The van der Waals surface area contributed by atoms with Gasteiger partial charge in [0.1, 0.15) is 0 Å². The summed E-state index contributed by atoms with van der Waals surface area (Å²) >= 11 is 5.87. The van der Waals surface area contributed by atoms with Gasteiger partial charge in [-0.25, -0.2) is 0 Å². The Labute approximate surface area is 114 Å². The number of carbonyl (C=O) groups is 1. The molecule has 1 amide bonds. The van der Waals surface area contributed by atoms with E-state index in [4.69, 9.17) is 11.6 Å². The Bertz CT molecular complexity index is 416. The maximum atomic E-state index is 12.6. The van der Waals surface area contributed by atoms with Crippen molar-refractivity contribution >= 4 is 17.5 Å². The van der Waals surface area contributed by atoms with E-state index < -0.39 is 5.41 Å². The third-order valence-corrected chi connectivity index (χ3v) is 4.26. The smallest absolute Gasteiger partial charge is 0.232 e. The first kappa shape index (κ1) is 13.4. The van der Waals surface area contributed by atoms with Crippen LogP contribution in [0, 0.1) is 5.92 Å². The molecule has 2 rings (SSSR count). The summed E-state index contributed by atoms with van der Waals surface area (Å²) in [6.07, 6.45) is 1.03. The normalized spacial score (nSPS) is 20.2. The van der Waals surface area contributed by atoms with Gasteiger partial charge in [0.2, 0.25) is 5.91 Å². The summed E-state index contributed by atoms with van der Waals surface area (Å²) in [4.78, 5) is 14.6. The van der Waals surface area contributed by atoms with Crippen molar-refractivity contribution in [2.45, 2.75) is 25.7 Å². The van der Waals surface area contributed by atoms with Crippen LogP contribution in [-0.2, 0) is 10.2 Å². The van der Waals surface area contributed by atoms with Crippen LogP contribution < -0.4 is 0 Å². The SMILES string of the molecule is CC(C)(C(=O)N1CCC(CCl)C1)c1ccccc1. The van der Waals surface area contributed by atoms with E-state index in [-0.39, 0.29) is 5.91 Å². The van der Waals surface area contributed by atoms with Crippen molar-refractivity contribution in [2.24, 2.45) is 5.92 Å². The van der Waals surface area contributed by atoms with Crippen LogP contribution in [0.4, 0.5) is 0 Å². The molecular weight excluding hydrogens is 246 g/mol. The van der Waals surface area contributed by atoms with Gasteiger partial charge in [-0.3, -0.25) is 4.79 Å². The van der Waals surface area contributed by atoms with Gasteiger partial charge in [0.15, 0.2) is 0 Å². The molecule has 0 aromatic heterocycles. The van der Waals surface area contributed by atoms with E-state index in [2.05, 4.69) is 0 Å². The van der Waals surface area contributed by atoms with Crippen molar-refractivity contribution in [1.29, 1.82) is 0 Å². The first-order valence-electron chi connectivity index (χ1n) is 6.46. The van der Waals surface area contributed by atoms with Crippen LogP contribution in [0.5, 0.6) is 0 Å². The molecule has 0 radical (unpaired) electrons. The molecule has 1 aromatic carbocycles. The summed E-state index contributed by atoms with van der Waals surface area (Å²) in [5, 5.41) is 0. The van der Waals surface area contributed by atoms with E-state index in [1.54, 1.807) is 0 Å². The Morgan fingerprint density at radius 1 is 1.39 bits per heavy atom. The van der Waals surface area contributed by atoms with Crippen molar-refractivity contribution in [1.82, 2.24) is 4.90 Å². The summed E-state index contributed by atoms with van der Waals surface area (Å²) in [5.41, 5.74) is 0.618. The van der Waals surface area contributed by atoms with Crippen molar-refractivity contribution < 1.29 is 4.79 Å². The predicted octanol–water partition coefficient (Wildman–Crippen LogP) is 3.05. The summed E-state index contributed by atoms with van der Waals surface area (Å²) in [5.74, 6) is 1.32. The minimum atomic E-state index is -0.456. The standard InChI is InChI=1S/C15H20ClNO/c1-15(2,13-6-4-3-5-7-13)14(18)17-9-8-12(10-16)11-17/h3-7,12H,8-11H2,1-2H3. The van der Waals surface area contributed by atoms with E-state index in [1.165, 1.54) is 0 Å². The second-order valence-electron chi connectivity index (χ2n) is 5.55. The molecule has 1 heterocycles. The minimum absolute atomic E-state index is 0.210. The average Bonchev–Trinajstić information content (AvgIpc) is 2.87. The zero-order valence-corrected chi connectivity index (χ0v) is 11.8. The average molecular weight is 266 g/mol. The highest BCUT2D eigenvalue weighted by atomic mass is 35.5. The van der Waals surface area contributed by atoms with Crippen molar-refractivity contribution in [3.8, 4) is 0 Å². The Hall–Kier alpha value is -1.02. The van der Waals surface area contributed by atoms with Gasteiger partial charge in [0.05, 0.1) is 5.41 Å². The zero-order valence-electron chi connectivity index (χ0n) is 11.0. The highest BCUT2D eigenvalue weighted by molar-refractivity contribution is 6.18. The number of likely N-dealkylation sites (tertiary alicyclic amines) is 1. The minimum Gasteiger partial charge on any atom is -0.342 e. The van der Waals surface area contributed by atoms with Crippen LogP contribution in [0.1, 0.15) is 25.8 Å². The van der Waals surface area contributed by atoms with Crippen LogP contribution in [0.3, 0.4) is 0 Å². The number of hydrogen-bond donors (Lipinski definition) is 0. The molecule has 18 heavy (non-hydrogen) atoms. The summed E-state index contributed by atoms with van der Waals surface area (Å²) < 4.78 is 0. The number of hydrogen-bond acceptors (Lipinski definition) is 1. The summed E-state index contributed by atoms with van der Waals surface area (Å²) in [6.45, 7) is 5.64. The lowest BCUT2D eigenvalue weighted by molar-refractivity contribution is -0.135. The van der Waals surface area contributed by atoms with E-state index in [1.807, 2.05) is 49.1 Å². The number of alkyl halides is 1. The van der Waals surface area contributed by atoms with Gasteiger partial charge in [-0.1, -0.05) is 30.3 Å². The van der Waals surface area contributed by atoms with Gasteiger partial charge < -0.3 is 4.90 Å². The molecule has 1 unspecified atom stereocenters. The van der Waals surface area contributed by atoms with Gasteiger partial charge in [-0.2, -0.15) is 0 Å². The summed E-state index contributed by atoms with van der Waals surface area (Å²) in [6, 6.07) is 9.98. The van der Waals surface area contributed by atoms with Gasteiger partial charge >= 0.3 is 0 Å². The molecular formula is C15H20ClNO. The molecule has 1 saturated heterocycles. The van der Waals surface area contributed by atoms with Gasteiger partial charge in [0.25, 0.3) is 0 Å². The van der Waals surface area contributed by atoms with Gasteiger partial charge in [-0.15, -0.1) is 11.6 Å². The van der Waals surface area contributed by atoms with E-state index in [0.29, 0.717) is 11.8 Å². The fourth-order valence-electron chi connectivity index (χ4n) is 2.52. The number of amides is 1. The molecule has 0 bridgehead atoms. The molecule has 98 valence electrons. The molecule has 0 N–H and O–H groups in total. The Balaban J connectivity index is 2.13. The zero-order chi connectivity index (χ0) is 13.2. The first-order valence-corrected chi connectivity index (χ1v) is 7.00. The molecule has 0 aliphatic carbocycles. The lowest BCUT2D eigenvalue weighted by Crippen LogP contribution is -2.42. The second-order valence-corrected chi connectivity index (χ2v) is 5.86. The lowest BCUT2D eigenvalue weighted by Gasteiger charge is -2.29. The second kappa shape index (κ2) is 5.31. The van der Waals surface area contributed by atoms with Crippen LogP contribution in [0.15, 0.2) is 30.3 Å². The van der Waals surface area contributed by atoms with Crippen LogP contribution in [0.25, 0.3) is 0 Å². The number of carbonyl (C=O) groups excluding carboxylic acids is 1. The largest absolute Gasteiger partial charge is 0.342 e. The first-order chi connectivity index (χ1) is 8.55. The number of halogens is 1. The monoisotopic (exact) mass is 265 g/mol. The topological polar surface area (TPSA) is 20.3 Å². The molecule has 1 aromatic rings. The molecule has 3 heteroatoms. The third-order valence-electron chi connectivity index (χ3n) is 3.82. The number of benzene rings is 1. The van der Waals surface area contributed by atoms with Crippen molar-refractivity contribution in [3.05, 3.63) is 35.9 Å². The molecule has 1 aliphatic rings. The van der Waals surface area contributed by atoms with Gasteiger partial charge in [0, 0.05) is 19.0 Å². The van der Waals surface area contributed by atoms with E-state index >= 15 is 0 Å². The van der Waals surface area contributed by atoms with Crippen LogP contribution in [0.2, 0.25) is 0 Å². The lowest BCUT2D eigenvalue weighted by atomic mass is 9.83. The fourth-order valence-corrected chi connectivity index (χ4v) is 2.77. The molecule has 1 fully saturated rings. The molecule has 0 spiro atoms. The number of rotatable bonds is 3. The Kier molecular flexibility index (Phi) is 3.96. The number of nitrogens with zero attached hydrogens (tertiary/aromatic N) is 1. The predicted molar refractivity (Wildman–Crippen MR) is 74.9 cm³/mol. The Morgan fingerprint density at radius 2 is 2.06 bits per heavy atom. The van der Waals surface area contributed by atoms with E-state index in [0.717, 1.165) is 25.1 Å². The maximum Gasteiger partial charge on any atom is 0.232 e. The van der Waals surface area contributed by atoms with Crippen molar-refractivity contribution in [2.75, 3.05) is 19.0 Å². The van der Waals surface area contributed by atoms with Gasteiger partial charge in [-0.05, 0) is 31.7 Å². The third kappa shape index (κ3) is 2.54. The van der Waals surface area contributed by atoms with Crippen LogP contribution in [-0.4, -0.2) is 29.8 Å². The van der Waals surface area contributed by atoms with E-state index in [9.17, 15) is 4.79 Å². The quantitative estimate of drug-likeness (QED) is 0.770. The maximum absolute atomic E-state index is 12.6. The molecule has 1 aliphatic heterocycles. The Morgan fingerprint density at radius 3 is 2.61 bits per heavy atom. The molecule has 0 saturated carbocycles. The van der Waals surface area contributed by atoms with Crippen LogP contribution >= 0.6 is 11.6 Å². The molecule has 1 atom stereocenters. The highest BCUT2D eigenvalue weighted by Gasteiger charge is 2.36. The summed E-state index contributed by atoms with van der Waals surface area (Å²) in [7, 11) is 0. The van der Waals surface area contributed by atoms with Crippen molar-refractivity contribution in [3.63, 3.8) is 0 Å². The molecule has 2 nitrogen and oxygen atoms in total. The fraction of sp³-hybridized carbons (Fsp3) is 0.533.